The van der Waals surface area contributed by atoms with Crippen molar-refractivity contribution in [3.05, 3.63) is 34.1 Å². The lowest BCUT2D eigenvalue weighted by Gasteiger charge is -2.20. The Morgan fingerprint density at radius 1 is 1.59 bits per heavy atom. The van der Waals surface area contributed by atoms with Gasteiger partial charge in [0.2, 0.25) is 0 Å². The number of ether oxygens (including phenoxy) is 1. The van der Waals surface area contributed by atoms with Crippen LogP contribution in [0.4, 0.5) is 4.39 Å². The predicted molar refractivity (Wildman–Crippen MR) is 67.8 cm³/mol. The monoisotopic (exact) mass is 302 g/mol. The fraction of sp³-hybridized carbons (Fsp3) is 0.500. The molecule has 3 nitrogen and oxygen atoms in total. The molecule has 0 bridgehead atoms. The van der Waals surface area contributed by atoms with E-state index in [2.05, 4.69) is 21.4 Å². The van der Waals surface area contributed by atoms with Gasteiger partial charge in [-0.3, -0.25) is 11.3 Å². The molecular weight excluding hydrogens is 287 g/mol. The third-order valence-corrected chi connectivity index (χ3v) is 3.69. The minimum absolute atomic E-state index is 0.175. The van der Waals surface area contributed by atoms with Crippen LogP contribution in [0.25, 0.3) is 0 Å². The molecule has 17 heavy (non-hydrogen) atoms. The van der Waals surface area contributed by atoms with Crippen LogP contribution < -0.4 is 11.3 Å². The summed E-state index contributed by atoms with van der Waals surface area (Å²) >= 11 is 3.18. The number of hydrazine groups is 1. The molecule has 1 aromatic rings. The molecule has 1 aromatic carbocycles. The van der Waals surface area contributed by atoms with Crippen molar-refractivity contribution in [1.82, 2.24) is 5.43 Å². The van der Waals surface area contributed by atoms with Gasteiger partial charge in [-0.1, -0.05) is 12.1 Å². The van der Waals surface area contributed by atoms with Crippen LogP contribution in [0.1, 0.15) is 30.9 Å². The third-order valence-electron chi connectivity index (χ3n) is 3.08. The average molecular weight is 303 g/mol. The van der Waals surface area contributed by atoms with Crippen LogP contribution in [0.5, 0.6) is 0 Å². The molecule has 1 fully saturated rings. The molecule has 3 N–H and O–H groups in total. The summed E-state index contributed by atoms with van der Waals surface area (Å²) in [7, 11) is 0. The zero-order valence-corrected chi connectivity index (χ0v) is 11.0. The third kappa shape index (κ3) is 3.04. The lowest BCUT2D eigenvalue weighted by molar-refractivity contribution is 0.0942. The lowest BCUT2D eigenvalue weighted by Crippen LogP contribution is -2.31. The van der Waals surface area contributed by atoms with Crippen LogP contribution in [0.2, 0.25) is 0 Å². The van der Waals surface area contributed by atoms with Crippen LogP contribution in [0.3, 0.4) is 0 Å². The Morgan fingerprint density at radius 3 is 3.06 bits per heavy atom. The second-order valence-corrected chi connectivity index (χ2v) is 5.09. The van der Waals surface area contributed by atoms with Crippen LogP contribution >= 0.6 is 15.9 Å². The zero-order chi connectivity index (χ0) is 12.3. The SMILES string of the molecule is NNC(CC1CCCO1)c1cccc(Br)c1F. The summed E-state index contributed by atoms with van der Waals surface area (Å²) in [6, 6.07) is 5.02. The van der Waals surface area contributed by atoms with E-state index in [9.17, 15) is 4.39 Å². The number of benzene rings is 1. The van der Waals surface area contributed by atoms with Crippen molar-refractivity contribution in [3.63, 3.8) is 0 Å². The topological polar surface area (TPSA) is 47.3 Å². The average Bonchev–Trinajstić information content (AvgIpc) is 2.83. The highest BCUT2D eigenvalue weighted by atomic mass is 79.9. The fourth-order valence-corrected chi connectivity index (χ4v) is 2.55. The van der Waals surface area contributed by atoms with Gasteiger partial charge in [0.05, 0.1) is 16.6 Å². The van der Waals surface area contributed by atoms with E-state index >= 15 is 0 Å². The molecule has 1 aliphatic rings. The summed E-state index contributed by atoms with van der Waals surface area (Å²) in [5, 5.41) is 0. The molecule has 0 radical (unpaired) electrons. The number of nitrogens with two attached hydrogens (primary N) is 1. The first kappa shape index (κ1) is 13.0. The molecule has 1 saturated heterocycles. The normalized spacial score (nSPS) is 21.7. The molecule has 2 unspecified atom stereocenters. The van der Waals surface area contributed by atoms with Crippen molar-refractivity contribution in [1.29, 1.82) is 0 Å². The summed E-state index contributed by atoms with van der Waals surface area (Å²) in [5.41, 5.74) is 3.25. The number of hydrogen-bond donors (Lipinski definition) is 2. The van der Waals surface area contributed by atoms with Crippen LogP contribution in [0, 0.1) is 5.82 Å². The van der Waals surface area contributed by atoms with E-state index in [0.29, 0.717) is 16.5 Å². The van der Waals surface area contributed by atoms with Gasteiger partial charge in [0.15, 0.2) is 0 Å². The number of halogens is 2. The first-order valence-electron chi connectivity index (χ1n) is 5.74. The van der Waals surface area contributed by atoms with Crippen LogP contribution in [-0.4, -0.2) is 12.7 Å². The number of hydrogen-bond acceptors (Lipinski definition) is 3. The molecule has 5 heteroatoms. The Bertz CT molecular complexity index is 383. The first-order chi connectivity index (χ1) is 8.22. The zero-order valence-electron chi connectivity index (χ0n) is 9.46. The molecule has 2 rings (SSSR count). The molecule has 0 aliphatic carbocycles. The summed E-state index contributed by atoms with van der Waals surface area (Å²) in [6.45, 7) is 0.795. The van der Waals surface area contributed by atoms with Crippen molar-refractivity contribution in [2.45, 2.75) is 31.4 Å². The molecule has 94 valence electrons. The van der Waals surface area contributed by atoms with Crippen molar-refractivity contribution in [3.8, 4) is 0 Å². The van der Waals surface area contributed by atoms with Crippen LogP contribution in [-0.2, 0) is 4.74 Å². The van der Waals surface area contributed by atoms with Gasteiger partial charge in [0, 0.05) is 12.2 Å². The molecule has 1 heterocycles. The molecule has 0 spiro atoms. The molecule has 0 aromatic heterocycles. The van der Waals surface area contributed by atoms with Gasteiger partial charge in [-0.2, -0.15) is 0 Å². The van der Waals surface area contributed by atoms with Gasteiger partial charge in [0.1, 0.15) is 5.82 Å². The standard InChI is InChI=1S/C12H16BrFN2O/c13-10-5-1-4-9(12(10)14)11(16-15)7-8-3-2-6-17-8/h1,4-5,8,11,16H,2-3,6-7,15H2. The molecule has 1 aliphatic heterocycles. The van der Waals surface area contributed by atoms with E-state index in [0.717, 1.165) is 19.4 Å². The van der Waals surface area contributed by atoms with Gasteiger partial charge >= 0.3 is 0 Å². The summed E-state index contributed by atoms with van der Waals surface area (Å²) < 4.78 is 19.9. The smallest absolute Gasteiger partial charge is 0.142 e. The van der Waals surface area contributed by atoms with E-state index in [1.807, 2.05) is 6.07 Å². The van der Waals surface area contributed by atoms with E-state index in [4.69, 9.17) is 10.6 Å². The highest BCUT2D eigenvalue weighted by molar-refractivity contribution is 9.10. The predicted octanol–water partition coefficient (Wildman–Crippen LogP) is 2.66. The Balaban J connectivity index is 2.13. The van der Waals surface area contributed by atoms with E-state index < -0.39 is 0 Å². The Labute approximate surface area is 109 Å². The Morgan fingerprint density at radius 2 is 2.41 bits per heavy atom. The van der Waals surface area contributed by atoms with Crippen molar-refractivity contribution < 1.29 is 9.13 Å². The van der Waals surface area contributed by atoms with Gasteiger partial charge in [-0.05, 0) is 41.3 Å². The van der Waals surface area contributed by atoms with Gasteiger partial charge in [-0.15, -0.1) is 0 Å². The quantitative estimate of drug-likeness (QED) is 0.664. The van der Waals surface area contributed by atoms with Crippen molar-refractivity contribution >= 4 is 15.9 Å². The summed E-state index contributed by atoms with van der Waals surface area (Å²) in [5.74, 6) is 5.26. The second-order valence-electron chi connectivity index (χ2n) is 4.23. The maximum atomic E-state index is 13.9. The maximum absolute atomic E-state index is 13.9. The minimum atomic E-state index is -0.256. The largest absolute Gasteiger partial charge is 0.378 e. The van der Waals surface area contributed by atoms with Crippen LogP contribution in [0.15, 0.2) is 22.7 Å². The van der Waals surface area contributed by atoms with Crippen molar-refractivity contribution in [2.24, 2.45) is 5.84 Å². The molecule has 2 atom stereocenters. The number of rotatable bonds is 4. The summed E-state index contributed by atoms with van der Waals surface area (Å²) in [6.07, 6.45) is 2.97. The summed E-state index contributed by atoms with van der Waals surface area (Å²) in [4.78, 5) is 0. The minimum Gasteiger partial charge on any atom is -0.378 e. The number of nitrogens with one attached hydrogen (secondary N) is 1. The van der Waals surface area contributed by atoms with Gasteiger partial charge < -0.3 is 4.74 Å². The Hall–Kier alpha value is -0.490. The molecule has 0 saturated carbocycles. The van der Waals surface area contributed by atoms with E-state index in [1.165, 1.54) is 0 Å². The molecule has 0 amide bonds. The fourth-order valence-electron chi connectivity index (χ4n) is 2.17. The highest BCUT2D eigenvalue weighted by Crippen LogP contribution is 2.29. The maximum Gasteiger partial charge on any atom is 0.142 e. The van der Waals surface area contributed by atoms with E-state index in [1.54, 1.807) is 12.1 Å². The second kappa shape index (κ2) is 5.91. The van der Waals surface area contributed by atoms with E-state index in [-0.39, 0.29) is 18.0 Å². The van der Waals surface area contributed by atoms with Gasteiger partial charge in [-0.25, -0.2) is 4.39 Å². The Kier molecular flexibility index (Phi) is 4.50. The first-order valence-corrected chi connectivity index (χ1v) is 6.53. The highest BCUT2D eigenvalue weighted by Gasteiger charge is 2.23. The molecular formula is C12H16BrFN2O. The van der Waals surface area contributed by atoms with Crippen molar-refractivity contribution in [2.75, 3.05) is 6.61 Å². The van der Waals surface area contributed by atoms with Gasteiger partial charge in [0.25, 0.3) is 0 Å². The lowest BCUT2D eigenvalue weighted by atomic mass is 9.99.